The van der Waals surface area contributed by atoms with Crippen molar-refractivity contribution in [1.82, 2.24) is 14.8 Å². The fourth-order valence-corrected chi connectivity index (χ4v) is 4.71. The molecular formula is C21H26N4OS2. The van der Waals surface area contributed by atoms with Crippen LogP contribution in [-0.2, 0) is 18.3 Å². The van der Waals surface area contributed by atoms with Crippen LogP contribution in [0.3, 0.4) is 0 Å². The fraction of sp³-hybridized carbons (Fsp3) is 0.381. The third-order valence-corrected chi connectivity index (χ3v) is 6.70. The number of thioether (sulfide) groups is 1. The van der Waals surface area contributed by atoms with Gasteiger partial charge in [0.2, 0.25) is 5.91 Å². The average molecular weight is 415 g/mol. The number of aromatic nitrogens is 3. The summed E-state index contributed by atoms with van der Waals surface area (Å²) in [5.74, 6) is 1.58. The third kappa shape index (κ3) is 4.47. The molecule has 3 rings (SSSR count). The van der Waals surface area contributed by atoms with Crippen molar-refractivity contribution in [2.24, 2.45) is 7.05 Å². The molecule has 0 saturated heterocycles. The lowest BCUT2D eigenvalue weighted by Gasteiger charge is -2.08. The normalized spacial score (nSPS) is 11.2. The Labute approximate surface area is 174 Å². The first-order chi connectivity index (χ1) is 13.4. The average Bonchev–Trinajstić information content (AvgIpc) is 3.22. The van der Waals surface area contributed by atoms with E-state index in [1.807, 2.05) is 23.7 Å². The molecule has 1 aromatic carbocycles. The summed E-state index contributed by atoms with van der Waals surface area (Å²) in [7, 11) is 1.95. The fourth-order valence-electron chi connectivity index (χ4n) is 3.06. The number of nitrogens with zero attached hydrogens (tertiary/aromatic N) is 3. The number of thiophene rings is 1. The van der Waals surface area contributed by atoms with Crippen molar-refractivity contribution in [2.45, 2.75) is 45.2 Å². The third-order valence-electron chi connectivity index (χ3n) is 4.73. The van der Waals surface area contributed by atoms with E-state index < -0.39 is 0 Å². The molecule has 0 aliphatic carbocycles. The van der Waals surface area contributed by atoms with Crippen LogP contribution in [0.2, 0.25) is 0 Å². The molecule has 0 fully saturated rings. The van der Waals surface area contributed by atoms with Crippen LogP contribution in [0.1, 0.15) is 42.7 Å². The number of hydrogen-bond donors (Lipinski definition) is 1. The van der Waals surface area contributed by atoms with Crippen molar-refractivity contribution in [3.63, 3.8) is 0 Å². The maximum Gasteiger partial charge on any atom is 0.234 e. The van der Waals surface area contributed by atoms with Crippen LogP contribution in [0.15, 0.2) is 34.8 Å². The summed E-state index contributed by atoms with van der Waals surface area (Å²) in [6, 6.07) is 8.00. The largest absolute Gasteiger partial charge is 0.325 e. The van der Waals surface area contributed by atoms with Crippen molar-refractivity contribution in [2.75, 3.05) is 11.1 Å². The first kappa shape index (κ1) is 20.6. The lowest BCUT2D eigenvalue weighted by atomic mass is 10.0. The van der Waals surface area contributed by atoms with Gasteiger partial charge in [-0.2, -0.15) is 0 Å². The molecule has 0 bridgehead atoms. The Morgan fingerprint density at radius 1 is 1.25 bits per heavy atom. The van der Waals surface area contributed by atoms with Crippen LogP contribution in [-0.4, -0.2) is 26.4 Å². The van der Waals surface area contributed by atoms with Crippen molar-refractivity contribution in [1.29, 1.82) is 0 Å². The number of hydrogen-bond acceptors (Lipinski definition) is 5. The van der Waals surface area contributed by atoms with E-state index in [0.29, 0.717) is 11.7 Å². The summed E-state index contributed by atoms with van der Waals surface area (Å²) >= 11 is 3.14. The van der Waals surface area contributed by atoms with Crippen LogP contribution in [0.25, 0.3) is 11.4 Å². The zero-order valence-electron chi connectivity index (χ0n) is 16.9. The highest BCUT2D eigenvalue weighted by Crippen LogP contribution is 2.32. The number of carbonyl (C=O) groups is 1. The van der Waals surface area contributed by atoms with E-state index in [0.717, 1.165) is 28.7 Å². The lowest BCUT2D eigenvalue weighted by Crippen LogP contribution is -2.14. The first-order valence-corrected chi connectivity index (χ1v) is 11.3. The summed E-state index contributed by atoms with van der Waals surface area (Å²) in [6.07, 6.45) is 0.970. The molecule has 0 saturated carbocycles. The predicted molar refractivity (Wildman–Crippen MR) is 118 cm³/mol. The van der Waals surface area contributed by atoms with Crippen LogP contribution in [0.4, 0.5) is 5.69 Å². The highest BCUT2D eigenvalue weighted by molar-refractivity contribution is 7.99. The van der Waals surface area contributed by atoms with E-state index >= 15 is 0 Å². The van der Waals surface area contributed by atoms with Gasteiger partial charge < -0.3 is 9.88 Å². The van der Waals surface area contributed by atoms with Gasteiger partial charge in [-0.25, -0.2) is 0 Å². The SMILES string of the molecule is CCc1c(-c2nnc(SCC(=O)Nc3ccc(C(C)C)cc3)n2C)csc1C. The Morgan fingerprint density at radius 2 is 1.96 bits per heavy atom. The highest BCUT2D eigenvalue weighted by Gasteiger charge is 2.17. The van der Waals surface area contributed by atoms with Gasteiger partial charge in [0, 0.05) is 28.6 Å². The van der Waals surface area contributed by atoms with Crippen LogP contribution in [0, 0.1) is 6.92 Å². The summed E-state index contributed by atoms with van der Waals surface area (Å²) in [4.78, 5) is 13.6. The zero-order valence-corrected chi connectivity index (χ0v) is 18.6. The maximum absolute atomic E-state index is 12.3. The number of anilines is 1. The molecule has 1 N–H and O–H groups in total. The first-order valence-electron chi connectivity index (χ1n) is 9.40. The summed E-state index contributed by atoms with van der Waals surface area (Å²) in [5.41, 5.74) is 4.53. The van der Waals surface area contributed by atoms with Gasteiger partial charge >= 0.3 is 0 Å². The quantitative estimate of drug-likeness (QED) is 0.535. The van der Waals surface area contributed by atoms with Gasteiger partial charge in [-0.1, -0.05) is 44.7 Å². The number of rotatable bonds is 7. The molecule has 0 radical (unpaired) electrons. The molecular weight excluding hydrogens is 388 g/mol. The molecule has 0 unspecified atom stereocenters. The predicted octanol–water partition coefficient (Wildman–Crippen LogP) is 5.27. The minimum Gasteiger partial charge on any atom is -0.325 e. The number of nitrogens with one attached hydrogen (secondary N) is 1. The summed E-state index contributed by atoms with van der Waals surface area (Å²) < 4.78 is 1.97. The van der Waals surface area contributed by atoms with Gasteiger partial charge in [-0.15, -0.1) is 21.5 Å². The second kappa shape index (κ2) is 8.92. The van der Waals surface area contributed by atoms with E-state index in [1.165, 1.54) is 27.8 Å². The van der Waals surface area contributed by atoms with Gasteiger partial charge in [0.25, 0.3) is 0 Å². The van der Waals surface area contributed by atoms with Crippen molar-refractivity contribution in [3.8, 4) is 11.4 Å². The standard InChI is InChI=1S/C21H26N4OS2/c1-6-17-14(4)27-11-18(17)20-23-24-21(25(20)5)28-12-19(26)22-16-9-7-15(8-10-16)13(2)3/h7-11,13H,6,12H2,1-5H3,(H,22,26). The van der Waals surface area contributed by atoms with Crippen LogP contribution < -0.4 is 5.32 Å². The Hall–Kier alpha value is -2.12. The zero-order chi connectivity index (χ0) is 20.3. The Bertz CT molecular complexity index is 957. The van der Waals surface area contributed by atoms with Crippen molar-refractivity contribution < 1.29 is 4.79 Å². The van der Waals surface area contributed by atoms with Gasteiger partial charge in [0.15, 0.2) is 11.0 Å². The van der Waals surface area contributed by atoms with Gasteiger partial charge in [-0.3, -0.25) is 4.79 Å². The van der Waals surface area contributed by atoms with Crippen LogP contribution in [0.5, 0.6) is 0 Å². The molecule has 0 spiro atoms. The Balaban J connectivity index is 1.63. The van der Waals surface area contributed by atoms with E-state index in [1.54, 1.807) is 11.3 Å². The van der Waals surface area contributed by atoms with E-state index in [4.69, 9.17) is 0 Å². The Kier molecular flexibility index (Phi) is 6.57. The van der Waals surface area contributed by atoms with E-state index in [-0.39, 0.29) is 5.91 Å². The minimum atomic E-state index is -0.0486. The molecule has 7 heteroatoms. The molecule has 0 atom stereocenters. The molecule has 148 valence electrons. The lowest BCUT2D eigenvalue weighted by molar-refractivity contribution is -0.113. The van der Waals surface area contributed by atoms with Crippen molar-refractivity contribution in [3.05, 3.63) is 45.6 Å². The molecule has 3 aromatic rings. The molecule has 0 aliphatic heterocycles. The number of amides is 1. The molecule has 2 heterocycles. The smallest absolute Gasteiger partial charge is 0.234 e. The molecule has 2 aromatic heterocycles. The highest BCUT2D eigenvalue weighted by atomic mass is 32.2. The molecule has 5 nitrogen and oxygen atoms in total. The number of aryl methyl sites for hydroxylation is 1. The molecule has 1 amide bonds. The monoisotopic (exact) mass is 414 g/mol. The van der Waals surface area contributed by atoms with Crippen LogP contribution >= 0.6 is 23.1 Å². The van der Waals surface area contributed by atoms with Gasteiger partial charge in [0.05, 0.1) is 5.75 Å². The second-order valence-electron chi connectivity index (χ2n) is 7.02. The second-order valence-corrected chi connectivity index (χ2v) is 9.04. The summed E-state index contributed by atoms with van der Waals surface area (Å²) in [5, 5.41) is 14.5. The Morgan fingerprint density at radius 3 is 2.61 bits per heavy atom. The van der Waals surface area contributed by atoms with E-state index in [2.05, 4.69) is 60.7 Å². The summed E-state index contributed by atoms with van der Waals surface area (Å²) in [6.45, 7) is 8.60. The maximum atomic E-state index is 12.3. The molecule has 28 heavy (non-hydrogen) atoms. The topological polar surface area (TPSA) is 59.8 Å². The number of carbonyl (C=O) groups excluding carboxylic acids is 1. The van der Waals surface area contributed by atoms with Crippen molar-refractivity contribution >= 4 is 34.7 Å². The van der Waals surface area contributed by atoms with Gasteiger partial charge in [0.1, 0.15) is 0 Å². The van der Waals surface area contributed by atoms with E-state index in [9.17, 15) is 4.79 Å². The number of benzene rings is 1. The molecule has 0 aliphatic rings. The minimum absolute atomic E-state index is 0.0486. The van der Waals surface area contributed by atoms with Gasteiger partial charge in [-0.05, 0) is 42.5 Å².